The number of aromatic nitrogens is 1. The van der Waals surface area contributed by atoms with Crippen LogP contribution in [0.4, 0.5) is 0 Å². The highest BCUT2D eigenvalue weighted by atomic mass is 35.5. The second kappa shape index (κ2) is 3.78. The molecule has 1 nitrogen and oxygen atoms in total. The molecule has 0 bridgehead atoms. The van der Waals surface area contributed by atoms with Crippen molar-refractivity contribution in [2.75, 3.05) is 0 Å². The van der Waals surface area contributed by atoms with Crippen LogP contribution < -0.4 is 0 Å². The third-order valence-corrected chi connectivity index (χ3v) is 3.81. The van der Waals surface area contributed by atoms with Crippen LogP contribution in [-0.2, 0) is 5.88 Å². The Bertz CT molecular complexity index is 405. The average Bonchev–Trinajstić information content (AvgIpc) is 2.71. The van der Waals surface area contributed by atoms with Gasteiger partial charge in [-0.05, 0) is 13.0 Å². The van der Waals surface area contributed by atoms with E-state index in [0.717, 1.165) is 10.7 Å². The minimum atomic E-state index is 0.508. The Hall–Kier alpha value is -0.380. The lowest BCUT2D eigenvalue weighted by molar-refractivity contribution is 1.27. The Kier molecular flexibility index (Phi) is 2.67. The Labute approximate surface area is 90.0 Å². The van der Waals surface area contributed by atoms with Crippen LogP contribution >= 0.6 is 34.3 Å². The average molecular weight is 230 g/mol. The lowest BCUT2D eigenvalue weighted by Crippen LogP contribution is -1.75. The molecule has 0 amide bonds. The summed E-state index contributed by atoms with van der Waals surface area (Å²) in [5, 5.41) is 5.17. The quantitative estimate of drug-likeness (QED) is 0.712. The van der Waals surface area contributed by atoms with Crippen LogP contribution in [0.25, 0.3) is 11.3 Å². The molecule has 0 unspecified atom stereocenters. The van der Waals surface area contributed by atoms with E-state index in [1.807, 2.05) is 0 Å². The van der Waals surface area contributed by atoms with E-state index >= 15 is 0 Å². The highest BCUT2D eigenvalue weighted by Crippen LogP contribution is 2.26. The summed E-state index contributed by atoms with van der Waals surface area (Å²) in [6.07, 6.45) is 0. The van der Waals surface area contributed by atoms with E-state index in [4.69, 9.17) is 11.6 Å². The molecule has 2 aromatic rings. The fourth-order valence-electron chi connectivity index (χ4n) is 1.08. The number of thiophene rings is 1. The molecule has 0 spiro atoms. The van der Waals surface area contributed by atoms with Crippen LogP contribution in [0.15, 0.2) is 16.8 Å². The minimum absolute atomic E-state index is 0.508. The first-order chi connectivity index (χ1) is 6.29. The van der Waals surface area contributed by atoms with Gasteiger partial charge in [-0.1, -0.05) is 0 Å². The van der Waals surface area contributed by atoms with Crippen molar-refractivity contribution in [3.8, 4) is 11.3 Å². The molecule has 2 rings (SSSR count). The first-order valence-corrected chi connectivity index (χ1v) is 6.15. The van der Waals surface area contributed by atoms with E-state index in [2.05, 4.69) is 28.7 Å². The van der Waals surface area contributed by atoms with Gasteiger partial charge in [0.1, 0.15) is 5.01 Å². The predicted octanol–water partition coefficient (Wildman–Crippen LogP) is 3.92. The molecule has 0 aliphatic carbocycles. The third kappa shape index (κ3) is 1.93. The van der Waals surface area contributed by atoms with Crippen molar-refractivity contribution in [1.29, 1.82) is 0 Å². The molecule has 0 aliphatic rings. The van der Waals surface area contributed by atoms with Crippen LogP contribution in [0.3, 0.4) is 0 Å². The lowest BCUT2D eigenvalue weighted by Gasteiger charge is -1.87. The number of thiazole rings is 1. The SMILES string of the molecule is Cc1cc(-c2csc(CCl)n2)cs1. The summed E-state index contributed by atoms with van der Waals surface area (Å²) in [6, 6.07) is 2.15. The van der Waals surface area contributed by atoms with E-state index in [9.17, 15) is 0 Å². The molecule has 13 heavy (non-hydrogen) atoms. The number of aryl methyl sites for hydroxylation is 1. The van der Waals surface area contributed by atoms with Crippen molar-refractivity contribution < 1.29 is 0 Å². The monoisotopic (exact) mass is 229 g/mol. The first-order valence-electron chi connectivity index (χ1n) is 3.85. The maximum atomic E-state index is 5.68. The fraction of sp³-hybridized carbons (Fsp3) is 0.222. The van der Waals surface area contributed by atoms with Gasteiger partial charge in [0.15, 0.2) is 0 Å². The fourth-order valence-corrected chi connectivity index (χ4v) is 2.68. The van der Waals surface area contributed by atoms with Crippen molar-refractivity contribution >= 4 is 34.3 Å². The number of hydrogen-bond donors (Lipinski definition) is 0. The number of nitrogens with zero attached hydrogens (tertiary/aromatic N) is 1. The van der Waals surface area contributed by atoms with Crippen LogP contribution in [0.1, 0.15) is 9.88 Å². The number of halogens is 1. The Balaban J connectivity index is 2.35. The lowest BCUT2D eigenvalue weighted by atomic mass is 10.2. The molecule has 0 aromatic carbocycles. The second-order valence-corrected chi connectivity index (χ2v) is 5.03. The first kappa shape index (κ1) is 9.19. The summed E-state index contributed by atoms with van der Waals surface area (Å²) in [4.78, 5) is 5.72. The van der Waals surface area contributed by atoms with Gasteiger partial charge in [0.2, 0.25) is 0 Å². The van der Waals surface area contributed by atoms with Gasteiger partial charge in [-0.25, -0.2) is 4.98 Å². The van der Waals surface area contributed by atoms with Crippen LogP contribution in [0.5, 0.6) is 0 Å². The highest BCUT2D eigenvalue weighted by molar-refractivity contribution is 7.11. The Morgan fingerprint density at radius 2 is 2.23 bits per heavy atom. The molecule has 0 saturated heterocycles. The van der Waals surface area contributed by atoms with Crippen molar-refractivity contribution in [2.45, 2.75) is 12.8 Å². The van der Waals surface area contributed by atoms with E-state index in [-0.39, 0.29) is 0 Å². The smallest absolute Gasteiger partial charge is 0.108 e. The van der Waals surface area contributed by atoms with Crippen molar-refractivity contribution in [3.63, 3.8) is 0 Å². The van der Waals surface area contributed by atoms with Gasteiger partial charge >= 0.3 is 0 Å². The third-order valence-electron chi connectivity index (χ3n) is 1.69. The molecule has 4 heteroatoms. The topological polar surface area (TPSA) is 12.9 Å². The van der Waals surface area contributed by atoms with Gasteiger partial charge in [0, 0.05) is 21.2 Å². The molecule has 0 atom stereocenters. The van der Waals surface area contributed by atoms with Gasteiger partial charge in [0.25, 0.3) is 0 Å². The Morgan fingerprint density at radius 1 is 1.38 bits per heavy atom. The van der Waals surface area contributed by atoms with Gasteiger partial charge in [-0.2, -0.15) is 0 Å². The summed E-state index contributed by atoms with van der Waals surface area (Å²) >= 11 is 9.05. The van der Waals surface area contributed by atoms with Gasteiger partial charge < -0.3 is 0 Å². The summed E-state index contributed by atoms with van der Waals surface area (Å²) < 4.78 is 0. The molecule has 0 aliphatic heterocycles. The minimum Gasteiger partial charge on any atom is -0.240 e. The van der Waals surface area contributed by atoms with Gasteiger partial charge in [-0.15, -0.1) is 34.3 Å². The molecular weight excluding hydrogens is 222 g/mol. The predicted molar refractivity (Wildman–Crippen MR) is 59.7 cm³/mol. The van der Waals surface area contributed by atoms with Crippen LogP contribution in [0.2, 0.25) is 0 Å². The van der Waals surface area contributed by atoms with Crippen molar-refractivity contribution in [2.24, 2.45) is 0 Å². The largest absolute Gasteiger partial charge is 0.240 e. The molecule has 2 heterocycles. The van der Waals surface area contributed by atoms with Crippen LogP contribution in [-0.4, -0.2) is 4.98 Å². The van der Waals surface area contributed by atoms with E-state index in [1.165, 1.54) is 10.4 Å². The Morgan fingerprint density at radius 3 is 2.77 bits per heavy atom. The molecule has 0 fully saturated rings. The molecule has 0 radical (unpaired) electrons. The number of hydrogen-bond acceptors (Lipinski definition) is 3. The zero-order valence-corrected chi connectivity index (χ0v) is 9.47. The second-order valence-electron chi connectivity index (χ2n) is 2.71. The highest BCUT2D eigenvalue weighted by Gasteiger charge is 2.04. The standard InChI is InChI=1S/C9H8ClNS2/c1-6-2-7(4-12-6)8-5-13-9(3-10)11-8/h2,4-5H,3H2,1H3. The molecule has 2 aromatic heterocycles. The normalized spacial score (nSPS) is 10.6. The summed E-state index contributed by atoms with van der Waals surface area (Å²) in [5.41, 5.74) is 2.25. The molecular formula is C9H8ClNS2. The van der Waals surface area contributed by atoms with Crippen LogP contribution in [0, 0.1) is 6.92 Å². The maximum Gasteiger partial charge on any atom is 0.108 e. The van der Waals surface area contributed by atoms with Crippen molar-refractivity contribution in [3.05, 3.63) is 26.7 Å². The summed E-state index contributed by atoms with van der Waals surface area (Å²) in [7, 11) is 0. The van der Waals surface area contributed by atoms with E-state index < -0.39 is 0 Å². The van der Waals surface area contributed by atoms with Gasteiger partial charge in [0.05, 0.1) is 11.6 Å². The zero-order chi connectivity index (χ0) is 9.26. The van der Waals surface area contributed by atoms with Crippen molar-refractivity contribution in [1.82, 2.24) is 4.98 Å². The van der Waals surface area contributed by atoms with E-state index in [1.54, 1.807) is 22.7 Å². The summed E-state index contributed by atoms with van der Waals surface area (Å²) in [5.74, 6) is 0.508. The molecule has 68 valence electrons. The van der Waals surface area contributed by atoms with Gasteiger partial charge in [-0.3, -0.25) is 0 Å². The zero-order valence-electron chi connectivity index (χ0n) is 7.08. The summed E-state index contributed by atoms with van der Waals surface area (Å²) in [6.45, 7) is 2.10. The number of alkyl halides is 1. The molecule has 0 N–H and O–H groups in total. The maximum absolute atomic E-state index is 5.68. The number of rotatable bonds is 2. The van der Waals surface area contributed by atoms with E-state index in [0.29, 0.717) is 5.88 Å². The molecule has 0 saturated carbocycles.